The average molecular weight is 1440 g/mol. The first-order valence-electron chi connectivity index (χ1n) is 35.6. The molecule has 6 heterocycles. The quantitative estimate of drug-likeness (QED) is 0.0928. The van der Waals surface area contributed by atoms with Crippen LogP contribution in [0.4, 0.5) is 4.39 Å². The second-order valence-corrected chi connectivity index (χ2v) is 30.6. The van der Waals surface area contributed by atoms with E-state index in [0.29, 0.717) is 35.4 Å². The number of ketones is 2. The molecular weight excluding hydrogens is 1320 g/mol. The molecule has 0 spiro atoms. The van der Waals surface area contributed by atoms with Crippen LogP contribution in [0.2, 0.25) is 0 Å². The number of likely N-dealkylation sites (N-methyl/N-ethyl adjacent to an activating group) is 2. The number of rotatable bonds is 10. The molecule has 0 aliphatic carbocycles. The number of ether oxygens (including phenoxy) is 12. The molecule has 0 aromatic carbocycles. The SMILES string of the molecule is C=C1CO[C@@H]2[C@@H](C)C(=NC(C)=O)[C@H](C)C[C@@](C)(OC1)[C@H](O[C@@H]1O[C@H](C)C[C@H](N(C)C)[C@H]1OC(C)=O)[C@@H](C)C(=O)[C@@H](C)C(=O)O[C@H](CC)[C@@]2(C)O.C=C1CO[C@@H]2[C@@H](C)C(=NC(C)=O)[C@H](C)C[C@@](C)(OC1)[C@H](O[C@@H]1O[C@H](C)C[C@H](N(C)C)[C@H]1OC(C)=O)[C@@H](C)C(=O)[C@](C)(F)C(=O)O[C@H](CC)[C@@]2(C)O. The van der Waals surface area contributed by atoms with Crippen molar-refractivity contribution < 1.29 is 110 Å². The summed E-state index contributed by atoms with van der Waals surface area (Å²) >= 11 is 0. The number of alkyl halides is 1. The maximum Gasteiger partial charge on any atom is 0.351 e. The summed E-state index contributed by atoms with van der Waals surface area (Å²) in [7, 11) is 7.43. The normalized spacial score (nSPS) is 42.4. The minimum absolute atomic E-state index is 0.00420. The Morgan fingerprint density at radius 1 is 0.574 bits per heavy atom. The van der Waals surface area contributed by atoms with Crippen molar-refractivity contribution in [1.29, 1.82) is 0 Å². The smallest absolute Gasteiger partial charge is 0.351 e. The van der Waals surface area contributed by atoms with Gasteiger partial charge >= 0.3 is 23.9 Å². The monoisotopic (exact) mass is 1430 g/mol. The molecule has 0 aromatic rings. The first kappa shape index (κ1) is 86.5. The number of aliphatic imine (C=N–C) groups is 2. The molecule has 6 aliphatic heterocycles. The lowest BCUT2D eigenvalue weighted by atomic mass is 9.73. The summed E-state index contributed by atoms with van der Waals surface area (Å²) in [4.78, 5) is 119. The fourth-order valence-corrected chi connectivity index (χ4v) is 15.8. The number of fused-ring (bicyclic) bond motifs is 10. The molecule has 0 aromatic heterocycles. The Morgan fingerprint density at radius 3 is 1.29 bits per heavy atom. The van der Waals surface area contributed by atoms with E-state index in [9.17, 15) is 48.6 Å². The van der Waals surface area contributed by atoms with Crippen LogP contribution in [0.3, 0.4) is 0 Å². The van der Waals surface area contributed by atoms with Crippen molar-refractivity contribution in [1.82, 2.24) is 9.80 Å². The van der Waals surface area contributed by atoms with Crippen molar-refractivity contribution >= 4 is 58.7 Å². The van der Waals surface area contributed by atoms with Gasteiger partial charge < -0.3 is 76.9 Å². The van der Waals surface area contributed by atoms with E-state index in [1.54, 1.807) is 34.6 Å². The van der Waals surface area contributed by atoms with E-state index < -0.39 is 178 Å². The van der Waals surface area contributed by atoms with Crippen molar-refractivity contribution in [2.45, 2.75) is 291 Å². The number of Topliss-reactive ketones (excluding diaryl/α,β-unsaturated/α-hetero) is 2. The van der Waals surface area contributed by atoms with Gasteiger partial charge in [-0.1, -0.05) is 68.5 Å². The number of hydrogen-bond acceptors (Lipinski definition) is 24. The van der Waals surface area contributed by atoms with Crippen LogP contribution in [0.25, 0.3) is 0 Å². The lowest BCUT2D eigenvalue weighted by molar-refractivity contribution is -0.299. The van der Waals surface area contributed by atoms with Crippen LogP contribution in [-0.4, -0.2) is 247 Å². The van der Waals surface area contributed by atoms with Gasteiger partial charge in [0.2, 0.25) is 11.8 Å². The van der Waals surface area contributed by atoms with Crippen LogP contribution in [-0.2, 0) is 95.2 Å². The van der Waals surface area contributed by atoms with E-state index in [1.807, 2.05) is 79.5 Å². The van der Waals surface area contributed by atoms with Gasteiger partial charge in [-0.05, 0) is 145 Å². The molecule has 6 saturated heterocycles. The molecule has 4 bridgehead atoms. The summed E-state index contributed by atoms with van der Waals surface area (Å²) in [5.74, 6) is -12.0. The Labute approximate surface area is 597 Å². The highest BCUT2D eigenvalue weighted by Gasteiger charge is 2.59. The molecule has 27 heteroatoms. The van der Waals surface area contributed by atoms with E-state index in [-0.39, 0.29) is 76.4 Å². The van der Waals surface area contributed by atoms with Gasteiger partial charge in [0, 0.05) is 62.8 Å². The third kappa shape index (κ3) is 20.7. The van der Waals surface area contributed by atoms with Crippen LogP contribution < -0.4 is 0 Å². The molecule has 6 aliphatic rings. The van der Waals surface area contributed by atoms with Crippen molar-refractivity contribution in [3.05, 3.63) is 24.3 Å². The molecule has 101 heavy (non-hydrogen) atoms. The topological polar surface area (TPSA) is 319 Å². The molecule has 26 nitrogen and oxygen atoms in total. The van der Waals surface area contributed by atoms with E-state index in [0.717, 1.165) is 6.92 Å². The van der Waals surface area contributed by atoms with Gasteiger partial charge in [0.1, 0.15) is 29.3 Å². The summed E-state index contributed by atoms with van der Waals surface area (Å²) in [6, 6.07) is -0.620. The third-order valence-corrected chi connectivity index (χ3v) is 21.0. The number of cyclic esters (lactones) is 2. The summed E-state index contributed by atoms with van der Waals surface area (Å²) < 4.78 is 92.0. The molecule has 2 amide bonds. The Bertz CT molecular complexity index is 3040. The van der Waals surface area contributed by atoms with E-state index in [4.69, 9.17) is 56.8 Å². The first-order chi connectivity index (χ1) is 46.6. The number of esters is 4. The lowest BCUT2D eigenvalue weighted by Gasteiger charge is -2.48. The predicted molar refractivity (Wildman–Crippen MR) is 371 cm³/mol. The van der Waals surface area contributed by atoms with Crippen molar-refractivity contribution in [2.75, 3.05) is 54.6 Å². The zero-order chi connectivity index (χ0) is 76.7. The molecule has 6 rings (SSSR count). The summed E-state index contributed by atoms with van der Waals surface area (Å²) in [5.41, 5.74) is -7.83. The minimum Gasteiger partial charge on any atom is -0.459 e. The fraction of sp³-hybridized carbons (Fsp3) is 0.811. The number of aliphatic hydroxyl groups is 2. The maximum absolute atomic E-state index is 16.7. The van der Waals surface area contributed by atoms with Crippen LogP contribution in [0.15, 0.2) is 34.3 Å². The average Bonchev–Trinajstić information content (AvgIpc) is 1.63. The van der Waals surface area contributed by atoms with Crippen molar-refractivity contribution in [3.8, 4) is 0 Å². The van der Waals surface area contributed by atoms with Crippen LogP contribution in [0.1, 0.15) is 177 Å². The molecule has 6 fully saturated rings. The van der Waals surface area contributed by atoms with E-state index >= 15 is 4.39 Å². The number of halogens is 1. The largest absolute Gasteiger partial charge is 0.459 e. The van der Waals surface area contributed by atoms with E-state index in [1.165, 1.54) is 55.4 Å². The van der Waals surface area contributed by atoms with E-state index in [2.05, 4.69) is 23.1 Å². The molecule has 0 unspecified atom stereocenters. The Kier molecular flexibility index (Phi) is 30.2. The van der Waals surface area contributed by atoms with Gasteiger partial charge in [-0.25, -0.2) is 19.2 Å². The van der Waals surface area contributed by atoms with Gasteiger partial charge in [0.15, 0.2) is 36.4 Å². The second-order valence-electron chi connectivity index (χ2n) is 30.6. The highest BCUT2D eigenvalue weighted by Crippen LogP contribution is 2.44. The van der Waals surface area contributed by atoms with Gasteiger partial charge in [-0.15, -0.1) is 0 Å². The van der Waals surface area contributed by atoms with Crippen LogP contribution >= 0.6 is 0 Å². The Balaban J connectivity index is 0.000000364. The third-order valence-electron chi connectivity index (χ3n) is 21.0. The molecule has 26 atom stereocenters. The molecular formula is C74H119FN4O22. The highest BCUT2D eigenvalue weighted by atomic mass is 19.1. The van der Waals surface area contributed by atoms with Crippen LogP contribution in [0.5, 0.6) is 0 Å². The zero-order valence-electron chi connectivity index (χ0n) is 64.3. The molecule has 0 radical (unpaired) electrons. The fourth-order valence-electron chi connectivity index (χ4n) is 15.8. The number of hydrogen-bond donors (Lipinski definition) is 2. The number of nitrogens with zero attached hydrogens (tertiary/aromatic N) is 4. The summed E-state index contributed by atoms with van der Waals surface area (Å²) in [6.45, 7) is 39.6. The number of carbonyl (C=O) groups excluding carboxylic acids is 8. The second kappa shape index (κ2) is 35.3. The zero-order valence-corrected chi connectivity index (χ0v) is 64.3. The Hall–Kier alpha value is -5.17. The Morgan fingerprint density at radius 2 is 0.941 bits per heavy atom. The van der Waals surface area contributed by atoms with Gasteiger partial charge in [0.25, 0.3) is 5.67 Å². The minimum atomic E-state index is -3.18. The predicted octanol–water partition coefficient (Wildman–Crippen LogP) is 7.44. The lowest BCUT2D eigenvalue weighted by Crippen LogP contribution is -2.62. The first-order valence-corrected chi connectivity index (χ1v) is 35.6. The summed E-state index contributed by atoms with van der Waals surface area (Å²) in [5, 5.41) is 24.2. The van der Waals surface area contributed by atoms with Crippen molar-refractivity contribution in [3.63, 3.8) is 0 Å². The van der Waals surface area contributed by atoms with Crippen LogP contribution in [0, 0.1) is 41.4 Å². The maximum atomic E-state index is 16.7. The number of amides is 2. The van der Waals surface area contributed by atoms with Gasteiger partial charge in [0.05, 0.1) is 86.3 Å². The summed E-state index contributed by atoms with van der Waals surface area (Å²) in [6.07, 6.45) is -10.2. The van der Waals surface area contributed by atoms with Gasteiger partial charge in [-0.3, -0.25) is 33.6 Å². The molecule has 0 saturated carbocycles. The van der Waals surface area contributed by atoms with Gasteiger partial charge in [-0.2, -0.15) is 0 Å². The highest BCUT2D eigenvalue weighted by molar-refractivity contribution is 6.08. The van der Waals surface area contributed by atoms with Crippen molar-refractivity contribution in [2.24, 2.45) is 51.4 Å². The number of carbonyl (C=O) groups is 8. The standard InChI is InChI=1S/C37H59FN2O11.C37H60N2O11/c1-14-27-37(11,45)32-22(5)28(39-24(7)41)20(3)16-35(9,47-18-19(2)17-46-32)31(23(6)30(43)36(10,38)34(44)50-27)51-33-29(49-25(8)42)26(40(12)13)15-21(4)48-33;1-14-28-37(11,44)33-22(5)29(38-25(8)40)20(3)16-36(10,46-18-19(2)17-45-33)32(23(6)30(42)24(7)34(43)49-28)50-35-31(48-26(9)41)27(39(12)13)15-21(4)47-35/h20-23,26-27,29,31-33,45H,2,14-18H2,1,3-13H3;20-24,27-28,31-33,35,44H,2,14-18H2,1,3-13H3/t20-,21-,22+,23+,26+,27-,29-,31-,32-,33+,35-,36+,37-;20-,21-,22+,23+,24-,27+,28-,31-,32-,33-,35+,36-,37-/m11/s1. The molecule has 2 N–H and O–H groups in total. The molecule has 574 valence electrons.